The third-order valence-electron chi connectivity index (χ3n) is 14.6. The number of allylic oxidation sites excluding steroid dienone is 1. The van der Waals surface area contributed by atoms with Crippen LogP contribution in [0.25, 0.3) is 0 Å². The zero-order valence-corrected chi connectivity index (χ0v) is 31.0. The highest BCUT2D eigenvalue weighted by atomic mass is 16.7. The summed E-state index contributed by atoms with van der Waals surface area (Å²) in [4.78, 5) is 0. The molecule has 6 rings (SSSR count). The van der Waals surface area contributed by atoms with Crippen LogP contribution >= 0.6 is 0 Å². The fourth-order valence-corrected chi connectivity index (χ4v) is 11.9. The van der Waals surface area contributed by atoms with Crippen LogP contribution in [0, 0.1) is 45.8 Å². The fraction of sp³-hybridized carbons (Fsp3) is 0.950. The summed E-state index contributed by atoms with van der Waals surface area (Å²) in [6.07, 6.45) is 11.8. The molecule has 0 amide bonds. The van der Waals surface area contributed by atoms with E-state index in [1.54, 1.807) is 5.57 Å². The molecule has 8 nitrogen and oxygen atoms in total. The van der Waals surface area contributed by atoms with Gasteiger partial charge >= 0.3 is 0 Å². The Morgan fingerprint density at radius 1 is 0.938 bits per heavy atom. The smallest absolute Gasteiger partial charge is 0.183 e. The molecule has 0 aromatic heterocycles. The Morgan fingerprint density at radius 3 is 2.42 bits per heavy atom. The molecule has 2 aliphatic heterocycles. The highest BCUT2D eigenvalue weighted by Crippen LogP contribution is 2.70. The summed E-state index contributed by atoms with van der Waals surface area (Å²) < 4.78 is 24.4. The topological polar surface area (TPSA) is 118 Å². The molecular weight excluding hydrogens is 608 g/mol. The molecule has 4 N–H and O–H groups in total. The number of aliphatic hydroxyl groups excluding tert-OH is 3. The van der Waals surface area contributed by atoms with Crippen LogP contribution in [0.1, 0.15) is 132 Å². The van der Waals surface area contributed by atoms with Gasteiger partial charge in [0.1, 0.15) is 6.10 Å². The molecule has 276 valence electrons. The summed E-state index contributed by atoms with van der Waals surface area (Å²) in [5.41, 5.74) is 1.63. The molecule has 0 radical (unpaired) electrons. The van der Waals surface area contributed by atoms with Crippen molar-refractivity contribution in [1.29, 1.82) is 0 Å². The SMILES string of the molecule is C[C@H](CCCC(C)(C)O)C1CCC2C3CC=C4C(CC[C@H](O[C@H]5C[C@@H](O)C[C@@H](COC6OC[C@@H](O)C[C@H]6O)O5)C4(C)C)[C@]3(C)CC[C@@]21C. The van der Waals surface area contributed by atoms with Crippen LogP contribution in [0.3, 0.4) is 0 Å². The minimum absolute atomic E-state index is 0.0106. The Labute approximate surface area is 290 Å². The molecule has 4 aliphatic carbocycles. The Morgan fingerprint density at radius 2 is 1.69 bits per heavy atom. The molecule has 5 fully saturated rings. The van der Waals surface area contributed by atoms with E-state index in [1.807, 2.05) is 13.8 Å². The zero-order chi connectivity index (χ0) is 34.6. The summed E-state index contributed by atoms with van der Waals surface area (Å²) in [5.74, 6) is 3.60. The van der Waals surface area contributed by atoms with Gasteiger partial charge in [0.05, 0.1) is 43.2 Å². The molecule has 14 atom stereocenters. The summed E-state index contributed by atoms with van der Waals surface area (Å²) in [7, 11) is 0. The van der Waals surface area contributed by atoms with Crippen LogP contribution in [0.5, 0.6) is 0 Å². The third-order valence-corrected chi connectivity index (χ3v) is 14.6. The number of hydrogen-bond donors (Lipinski definition) is 4. The van der Waals surface area contributed by atoms with Crippen molar-refractivity contribution in [3.63, 3.8) is 0 Å². The second-order valence-electron chi connectivity index (χ2n) is 18.8. The number of fused-ring (bicyclic) bond motifs is 5. The first-order valence-electron chi connectivity index (χ1n) is 19.5. The first-order chi connectivity index (χ1) is 22.5. The zero-order valence-electron chi connectivity index (χ0n) is 31.0. The van der Waals surface area contributed by atoms with Gasteiger partial charge in [-0.2, -0.15) is 0 Å². The highest BCUT2D eigenvalue weighted by molar-refractivity contribution is 5.29. The molecule has 2 heterocycles. The molecule has 6 aliphatic rings. The van der Waals surface area contributed by atoms with Gasteiger partial charge in [-0.15, -0.1) is 0 Å². The van der Waals surface area contributed by atoms with Crippen molar-refractivity contribution in [1.82, 2.24) is 0 Å². The van der Waals surface area contributed by atoms with Crippen LogP contribution in [-0.2, 0) is 18.9 Å². The van der Waals surface area contributed by atoms with E-state index in [0.29, 0.717) is 35.5 Å². The van der Waals surface area contributed by atoms with Crippen LogP contribution in [0.2, 0.25) is 0 Å². The minimum atomic E-state index is -0.887. The van der Waals surface area contributed by atoms with Gasteiger partial charge in [-0.3, -0.25) is 0 Å². The summed E-state index contributed by atoms with van der Waals surface area (Å²) in [6.45, 7) is 16.7. The van der Waals surface area contributed by atoms with E-state index in [1.165, 1.54) is 38.5 Å². The second kappa shape index (κ2) is 14.1. The van der Waals surface area contributed by atoms with Crippen LogP contribution < -0.4 is 0 Å². The van der Waals surface area contributed by atoms with E-state index < -0.39 is 36.5 Å². The molecule has 0 spiro atoms. The number of aliphatic hydroxyl groups is 4. The van der Waals surface area contributed by atoms with Gasteiger partial charge in [-0.05, 0) is 106 Å². The maximum Gasteiger partial charge on any atom is 0.183 e. The van der Waals surface area contributed by atoms with Gasteiger partial charge in [0, 0.05) is 24.7 Å². The van der Waals surface area contributed by atoms with Crippen molar-refractivity contribution < 1.29 is 39.4 Å². The van der Waals surface area contributed by atoms with Crippen molar-refractivity contribution in [2.24, 2.45) is 45.8 Å². The van der Waals surface area contributed by atoms with Gasteiger partial charge in [0.25, 0.3) is 0 Å². The van der Waals surface area contributed by atoms with E-state index >= 15 is 0 Å². The Hall–Kier alpha value is -0.580. The molecule has 0 aromatic rings. The van der Waals surface area contributed by atoms with E-state index in [-0.39, 0.29) is 37.3 Å². The summed E-state index contributed by atoms with van der Waals surface area (Å²) >= 11 is 0. The molecular formula is C40H68O8. The quantitative estimate of drug-likeness (QED) is 0.194. The van der Waals surface area contributed by atoms with E-state index in [4.69, 9.17) is 18.9 Å². The lowest BCUT2D eigenvalue weighted by atomic mass is 9.43. The molecule has 8 heteroatoms. The molecule has 5 unspecified atom stereocenters. The number of ether oxygens (including phenoxy) is 4. The number of rotatable bonds is 10. The van der Waals surface area contributed by atoms with E-state index in [9.17, 15) is 20.4 Å². The lowest BCUT2D eigenvalue weighted by Crippen LogP contribution is -2.56. The fourth-order valence-electron chi connectivity index (χ4n) is 11.9. The molecule has 0 bridgehead atoms. The van der Waals surface area contributed by atoms with E-state index in [2.05, 4.69) is 40.7 Å². The van der Waals surface area contributed by atoms with Crippen LogP contribution in [0.15, 0.2) is 11.6 Å². The minimum Gasteiger partial charge on any atom is -0.393 e. The normalized spacial score (nSPS) is 46.6. The first-order valence-corrected chi connectivity index (χ1v) is 19.5. The van der Waals surface area contributed by atoms with E-state index in [0.717, 1.165) is 43.4 Å². The predicted octanol–water partition coefficient (Wildman–Crippen LogP) is 6.51. The third kappa shape index (κ3) is 7.35. The molecule has 48 heavy (non-hydrogen) atoms. The Kier molecular flexibility index (Phi) is 10.9. The lowest BCUT2D eigenvalue weighted by Gasteiger charge is -2.62. The first kappa shape index (κ1) is 37.2. The van der Waals surface area contributed by atoms with Gasteiger partial charge in [-0.25, -0.2) is 0 Å². The van der Waals surface area contributed by atoms with Crippen LogP contribution in [-0.4, -0.2) is 82.3 Å². The van der Waals surface area contributed by atoms with Gasteiger partial charge in [0.15, 0.2) is 12.6 Å². The second-order valence-corrected chi connectivity index (χ2v) is 18.8. The Balaban J connectivity index is 1.08. The van der Waals surface area contributed by atoms with Crippen molar-refractivity contribution in [3.05, 3.63) is 11.6 Å². The van der Waals surface area contributed by atoms with Crippen molar-refractivity contribution in [2.75, 3.05) is 13.2 Å². The molecule has 2 saturated heterocycles. The monoisotopic (exact) mass is 676 g/mol. The molecule has 0 aromatic carbocycles. The maximum absolute atomic E-state index is 10.8. The highest BCUT2D eigenvalue weighted by Gasteiger charge is 2.62. The van der Waals surface area contributed by atoms with Crippen LogP contribution in [0.4, 0.5) is 0 Å². The standard InChI is InChI=1S/C40H68O8/c1-24(9-8-16-37(2,3)44)28-10-12-31-32-13-11-29-30(40(32,7)18-17-39(28,31)6)14-15-34(38(29,4)5)48-35-21-25(41)19-27(47-35)23-46-36-33(43)20-26(42)22-45-36/h11,24-28,30-36,41-44H,8-10,12-23H2,1-7H3/t24-,25+,26+,27+,28?,30?,31?,32?,33-,34+,35+,36?,39-,40+/m1/s1. The van der Waals surface area contributed by atoms with Gasteiger partial charge in [-0.1, -0.05) is 59.1 Å². The predicted molar refractivity (Wildman–Crippen MR) is 185 cm³/mol. The van der Waals surface area contributed by atoms with Gasteiger partial charge < -0.3 is 39.4 Å². The molecule has 3 saturated carbocycles. The Bertz CT molecular complexity index is 1130. The van der Waals surface area contributed by atoms with Gasteiger partial charge in [0.2, 0.25) is 0 Å². The summed E-state index contributed by atoms with van der Waals surface area (Å²) in [6, 6.07) is 0. The largest absolute Gasteiger partial charge is 0.393 e. The van der Waals surface area contributed by atoms with Crippen molar-refractivity contribution in [3.8, 4) is 0 Å². The average Bonchev–Trinajstić information content (AvgIpc) is 3.34. The lowest BCUT2D eigenvalue weighted by molar-refractivity contribution is -0.280. The summed E-state index contributed by atoms with van der Waals surface area (Å²) in [5, 5.41) is 41.0. The van der Waals surface area contributed by atoms with Crippen molar-refractivity contribution in [2.45, 2.75) is 181 Å². The average molecular weight is 677 g/mol. The van der Waals surface area contributed by atoms with Crippen molar-refractivity contribution >= 4 is 0 Å². The number of hydrogen-bond acceptors (Lipinski definition) is 8. The maximum atomic E-state index is 10.8.